The van der Waals surface area contributed by atoms with Gasteiger partial charge in [-0.1, -0.05) is 23.8 Å². The van der Waals surface area contributed by atoms with Gasteiger partial charge in [0, 0.05) is 19.0 Å². The lowest BCUT2D eigenvalue weighted by Crippen LogP contribution is -2.31. The molecule has 2 heterocycles. The molecule has 0 spiro atoms. The van der Waals surface area contributed by atoms with E-state index in [1.165, 1.54) is 29.3 Å². The van der Waals surface area contributed by atoms with Crippen LogP contribution in [0.25, 0.3) is 5.69 Å². The molecule has 7 nitrogen and oxygen atoms in total. The van der Waals surface area contributed by atoms with Gasteiger partial charge < -0.3 is 10.1 Å². The summed E-state index contributed by atoms with van der Waals surface area (Å²) in [6.07, 6.45) is -1.93. The fourth-order valence-corrected chi connectivity index (χ4v) is 4.41. The molecule has 2 aromatic rings. The van der Waals surface area contributed by atoms with E-state index in [0.717, 1.165) is 0 Å². The number of rotatable bonds is 8. The minimum Gasteiger partial charge on any atom is -0.619 e. The van der Waals surface area contributed by atoms with E-state index in [2.05, 4.69) is 5.10 Å². The maximum atomic E-state index is 12.3. The lowest BCUT2D eigenvalue weighted by atomic mass is 10.3. The molecule has 0 saturated heterocycles. The number of anilines is 1. The lowest BCUT2D eigenvalue weighted by Gasteiger charge is -2.22. The molecule has 0 saturated carbocycles. The second-order valence-electron chi connectivity index (χ2n) is 6.08. The highest BCUT2D eigenvalue weighted by molar-refractivity contribution is 7.91. The Hall–Kier alpha value is -1.92. The highest BCUT2D eigenvalue weighted by Gasteiger charge is 2.30. The Morgan fingerprint density at radius 1 is 1.41 bits per heavy atom. The standard InChI is InChI=1S/C16H18ClF3N4O3S2/c1-2-23(14(28)5-8-29(26,27)9-6-16(18,19)20)13-11-24(21-15(13)17)12-4-3-7-22(25)10-12/h3-4,7,10-11H,2,5-6,8-9H2,1H3. The molecule has 0 aliphatic rings. The minimum atomic E-state index is -4.54. The summed E-state index contributed by atoms with van der Waals surface area (Å²) in [7, 11) is -3.91. The van der Waals surface area contributed by atoms with E-state index >= 15 is 0 Å². The third kappa shape index (κ3) is 6.82. The molecule has 0 fully saturated rings. The van der Waals surface area contributed by atoms with Crippen molar-refractivity contribution < 1.29 is 26.3 Å². The van der Waals surface area contributed by atoms with Crippen LogP contribution in [0.4, 0.5) is 18.9 Å². The highest BCUT2D eigenvalue weighted by Crippen LogP contribution is 2.27. The largest absolute Gasteiger partial charge is 0.619 e. The molecule has 0 aliphatic carbocycles. The van der Waals surface area contributed by atoms with Crippen LogP contribution in [0.15, 0.2) is 30.7 Å². The Morgan fingerprint density at radius 3 is 2.69 bits per heavy atom. The van der Waals surface area contributed by atoms with Gasteiger partial charge in [-0.2, -0.15) is 23.0 Å². The van der Waals surface area contributed by atoms with Crippen molar-refractivity contribution in [2.45, 2.75) is 25.9 Å². The monoisotopic (exact) mass is 470 g/mol. The van der Waals surface area contributed by atoms with Crippen LogP contribution in [0.1, 0.15) is 19.8 Å². The van der Waals surface area contributed by atoms with E-state index in [9.17, 15) is 26.8 Å². The number of alkyl halides is 3. The summed E-state index contributed by atoms with van der Waals surface area (Å²) in [5.41, 5.74) is 0.848. The molecule has 13 heteroatoms. The van der Waals surface area contributed by atoms with Crippen molar-refractivity contribution >= 4 is 44.3 Å². The molecule has 0 amide bonds. The molecule has 29 heavy (non-hydrogen) atoms. The summed E-state index contributed by atoms with van der Waals surface area (Å²) in [5, 5.41) is 15.6. The predicted molar refractivity (Wildman–Crippen MR) is 107 cm³/mol. The summed E-state index contributed by atoms with van der Waals surface area (Å²) >= 11 is 11.5. The Labute approximate surface area is 176 Å². The van der Waals surface area contributed by atoms with Crippen LogP contribution in [0, 0.1) is 5.21 Å². The van der Waals surface area contributed by atoms with Crippen molar-refractivity contribution in [1.29, 1.82) is 0 Å². The van der Waals surface area contributed by atoms with Gasteiger partial charge in [-0.25, -0.2) is 13.1 Å². The van der Waals surface area contributed by atoms with E-state index in [4.69, 9.17) is 23.8 Å². The van der Waals surface area contributed by atoms with Gasteiger partial charge in [-0.3, -0.25) is 0 Å². The van der Waals surface area contributed by atoms with Gasteiger partial charge in [-0.05, 0) is 13.0 Å². The van der Waals surface area contributed by atoms with Gasteiger partial charge in [0.05, 0.1) is 34.8 Å². The molecule has 0 aliphatic heterocycles. The zero-order valence-electron chi connectivity index (χ0n) is 15.3. The normalized spacial score (nSPS) is 12.2. The van der Waals surface area contributed by atoms with Crippen LogP contribution in [0.5, 0.6) is 0 Å². The van der Waals surface area contributed by atoms with Gasteiger partial charge >= 0.3 is 6.18 Å². The Balaban J connectivity index is 2.12. The quantitative estimate of drug-likeness (QED) is 0.335. The van der Waals surface area contributed by atoms with E-state index in [1.54, 1.807) is 17.9 Å². The molecule has 160 valence electrons. The molecular weight excluding hydrogens is 453 g/mol. The smallest absolute Gasteiger partial charge is 0.390 e. The first-order chi connectivity index (χ1) is 13.4. The van der Waals surface area contributed by atoms with Crippen LogP contribution in [-0.2, 0) is 9.84 Å². The van der Waals surface area contributed by atoms with Crippen molar-refractivity contribution in [1.82, 2.24) is 9.78 Å². The number of pyridine rings is 1. The van der Waals surface area contributed by atoms with Crippen LogP contribution in [0.3, 0.4) is 0 Å². The topological polar surface area (TPSA) is 82.1 Å². The SMILES string of the molecule is CCN(C(=S)CCS(=O)(=O)CCC(F)(F)F)c1cn(-c2ccc[n+]([O-])c2)nc1Cl. The zero-order chi connectivity index (χ0) is 21.8. The average Bonchev–Trinajstić information content (AvgIpc) is 3.00. The number of hydrogen-bond acceptors (Lipinski definition) is 5. The average molecular weight is 471 g/mol. The first-order valence-corrected chi connectivity index (χ1v) is 11.0. The van der Waals surface area contributed by atoms with Gasteiger partial charge in [0.1, 0.15) is 5.69 Å². The van der Waals surface area contributed by atoms with Crippen molar-refractivity contribution in [3.05, 3.63) is 41.1 Å². The summed E-state index contributed by atoms with van der Waals surface area (Å²) < 4.78 is 62.5. The molecular formula is C16H18ClF3N4O3S2. The number of thiocarbonyl (C=S) groups is 1. The summed E-state index contributed by atoms with van der Waals surface area (Å²) in [6.45, 7) is 2.09. The van der Waals surface area contributed by atoms with Crippen molar-refractivity contribution in [3.8, 4) is 5.69 Å². The maximum Gasteiger partial charge on any atom is 0.390 e. The molecule has 2 aromatic heterocycles. The summed E-state index contributed by atoms with van der Waals surface area (Å²) in [5.74, 6) is -1.48. The van der Waals surface area contributed by atoms with Gasteiger partial charge in [0.2, 0.25) is 6.20 Å². The Morgan fingerprint density at radius 2 is 2.10 bits per heavy atom. The zero-order valence-corrected chi connectivity index (χ0v) is 17.7. The maximum absolute atomic E-state index is 12.3. The van der Waals surface area contributed by atoms with Crippen LogP contribution < -0.4 is 9.63 Å². The fraction of sp³-hybridized carbons (Fsp3) is 0.438. The van der Waals surface area contributed by atoms with Crippen LogP contribution in [0.2, 0.25) is 5.15 Å². The van der Waals surface area contributed by atoms with E-state index in [1.807, 2.05) is 0 Å². The number of sulfone groups is 1. The highest BCUT2D eigenvalue weighted by atomic mass is 35.5. The number of halogens is 4. The van der Waals surface area contributed by atoms with E-state index in [0.29, 0.717) is 22.6 Å². The van der Waals surface area contributed by atoms with Crippen molar-refractivity contribution in [2.24, 2.45) is 0 Å². The van der Waals surface area contributed by atoms with E-state index < -0.39 is 33.9 Å². The Bertz CT molecular complexity index is 980. The predicted octanol–water partition coefficient (Wildman–Crippen LogP) is 3.07. The first kappa shape index (κ1) is 23.4. The Kier molecular flexibility index (Phi) is 7.46. The number of nitrogens with zero attached hydrogens (tertiary/aromatic N) is 4. The van der Waals surface area contributed by atoms with Gasteiger partial charge in [0.15, 0.2) is 21.2 Å². The molecule has 0 N–H and O–H groups in total. The lowest BCUT2D eigenvalue weighted by molar-refractivity contribution is -0.605. The summed E-state index contributed by atoms with van der Waals surface area (Å²) in [6, 6.07) is 3.18. The second kappa shape index (κ2) is 9.26. The van der Waals surface area contributed by atoms with Gasteiger partial charge in [0.25, 0.3) is 0 Å². The number of hydrogen-bond donors (Lipinski definition) is 0. The van der Waals surface area contributed by atoms with Crippen LogP contribution >= 0.6 is 23.8 Å². The van der Waals surface area contributed by atoms with Gasteiger partial charge in [-0.15, -0.1) is 0 Å². The third-order valence-electron chi connectivity index (χ3n) is 3.91. The molecule has 0 radical (unpaired) electrons. The van der Waals surface area contributed by atoms with Crippen molar-refractivity contribution in [2.75, 3.05) is 23.0 Å². The fourth-order valence-electron chi connectivity index (χ4n) is 2.47. The molecule has 0 unspecified atom stereocenters. The minimum absolute atomic E-state index is 0.0791. The molecule has 0 atom stereocenters. The number of aromatic nitrogens is 3. The molecule has 0 bridgehead atoms. The van der Waals surface area contributed by atoms with E-state index in [-0.39, 0.29) is 16.6 Å². The second-order valence-corrected chi connectivity index (χ2v) is 9.21. The third-order valence-corrected chi connectivity index (χ3v) is 6.25. The molecule has 2 rings (SSSR count). The molecule has 0 aromatic carbocycles. The summed E-state index contributed by atoms with van der Waals surface area (Å²) in [4.78, 5) is 1.76. The van der Waals surface area contributed by atoms with Crippen molar-refractivity contribution in [3.63, 3.8) is 0 Å². The van der Waals surface area contributed by atoms with Crippen LogP contribution in [-0.4, -0.2) is 47.4 Å². The first-order valence-electron chi connectivity index (χ1n) is 8.44.